The molecule has 0 heterocycles. The fraction of sp³-hybridized carbons (Fsp3) is 0.846. The van der Waals surface area contributed by atoms with Crippen LogP contribution in [0.4, 0.5) is 0 Å². The van der Waals surface area contributed by atoms with Gasteiger partial charge in [-0.25, -0.2) is 42.1 Å². The van der Waals surface area contributed by atoms with Crippen molar-refractivity contribution in [3.63, 3.8) is 0 Å². The number of primary amides is 1. The van der Waals surface area contributed by atoms with Crippen LogP contribution in [0.5, 0.6) is 0 Å². The van der Waals surface area contributed by atoms with E-state index >= 15 is 0 Å². The lowest BCUT2D eigenvalue weighted by molar-refractivity contribution is -0.138. The first-order chi connectivity index (χ1) is 40.6. The molecule has 0 unspecified atom stereocenters. The molecule has 0 saturated carbocycles. The van der Waals surface area contributed by atoms with Gasteiger partial charge in [-0.2, -0.15) is 21.5 Å². The van der Waals surface area contributed by atoms with Gasteiger partial charge in [0, 0.05) is 89.2 Å². The summed E-state index contributed by atoms with van der Waals surface area (Å²) in [6.45, 7) is 11.7. The van der Waals surface area contributed by atoms with Crippen molar-refractivity contribution in [1.82, 2.24) is 48.1 Å². The SMILES string of the molecule is CC(=O)N[C@@H](CCC(=O)O)CN(CC(=O)N[C@@H](CC(C)C)CN(CC(=O)N[C@@H](C)CN(CC(=O)N[C@@H](CCC(=O)O)CN(CC(=O)N[C@@H](CC(C)C)CN(CC(N)=O)S(=O)(=O)CC(C)C)S(C)(=O)=O)S(=O)(=O)CC(C)C)S(=O)(=O)CCN)S(=O)(=O)CC(C)C. The van der Waals surface area contributed by atoms with E-state index in [0.29, 0.717) is 8.61 Å². The summed E-state index contributed by atoms with van der Waals surface area (Å²) in [5.74, 6) is -11.7. The summed E-state index contributed by atoms with van der Waals surface area (Å²) in [6, 6.07) is -5.63. The maximum absolute atomic E-state index is 14.0. The van der Waals surface area contributed by atoms with Crippen LogP contribution >= 0.6 is 0 Å². The number of hydrogen-bond donors (Lipinski definition) is 9. The van der Waals surface area contributed by atoms with Crippen molar-refractivity contribution in [2.75, 3.05) is 101 Å². The minimum atomic E-state index is -4.41. The number of carbonyl (C=O) groups is 8. The number of hydrogen-bond acceptors (Lipinski definition) is 19. The second-order valence-corrected chi connectivity index (χ2v) is 34.7. The lowest BCUT2D eigenvalue weighted by Gasteiger charge is -2.31. The predicted octanol–water partition coefficient (Wildman–Crippen LogP) is -2.53. The van der Waals surface area contributed by atoms with E-state index in [9.17, 15) is 90.7 Å². The third-order valence-electron chi connectivity index (χ3n) is 12.7. The number of nitrogens with one attached hydrogen (secondary N) is 5. The van der Waals surface area contributed by atoms with E-state index in [-0.39, 0.29) is 42.8 Å². The summed E-state index contributed by atoms with van der Waals surface area (Å²) in [4.78, 5) is 103. The second kappa shape index (κ2) is 39.0. The number of rotatable bonds is 48. The molecule has 0 aliphatic carbocycles. The average Bonchev–Trinajstić information content (AvgIpc) is 1.17. The van der Waals surface area contributed by atoms with E-state index in [2.05, 4.69) is 26.6 Å². The van der Waals surface area contributed by atoms with Crippen LogP contribution in [0.3, 0.4) is 0 Å². The lowest BCUT2D eigenvalue weighted by atomic mass is 10.0. The molecule has 0 bridgehead atoms. The second-order valence-electron chi connectivity index (χ2n) is 24.6. The van der Waals surface area contributed by atoms with Crippen molar-refractivity contribution in [2.45, 2.75) is 152 Å². The first-order valence-electron chi connectivity index (χ1n) is 29.3. The van der Waals surface area contributed by atoms with Crippen LogP contribution in [0.15, 0.2) is 0 Å². The van der Waals surface area contributed by atoms with Gasteiger partial charge in [0.2, 0.25) is 85.6 Å². The highest BCUT2D eigenvalue weighted by molar-refractivity contribution is 7.90. The molecule has 0 spiro atoms. The number of carbonyl (C=O) groups excluding carboxylic acids is 6. The van der Waals surface area contributed by atoms with E-state index in [1.807, 2.05) is 0 Å². The average molecular weight is 1380 g/mol. The molecule has 0 aliphatic heterocycles. The van der Waals surface area contributed by atoms with Gasteiger partial charge in [0.05, 0.1) is 62.0 Å². The summed E-state index contributed by atoms with van der Waals surface area (Å²) in [5, 5.41) is 31.8. The maximum atomic E-state index is 14.0. The molecule has 0 saturated heterocycles. The molecule has 0 rings (SSSR count). The van der Waals surface area contributed by atoms with Gasteiger partial charge in [0.15, 0.2) is 0 Å². The van der Waals surface area contributed by atoms with Crippen molar-refractivity contribution in [3.05, 3.63) is 0 Å². The van der Waals surface area contributed by atoms with Crippen LogP contribution < -0.4 is 38.1 Å². The highest BCUT2D eigenvalue weighted by Crippen LogP contribution is 2.17. The van der Waals surface area contributed by atoms with Crippen LogP contribution in [0.2, 0.25) is 0 Å². The van der Waals surface area contributed by atoms with Gasteiger partial charge < -0.3 is 48.3 Å². The largest absolute Gasteiger partial charge is 0.481 e. The van der Waals surface area contributed by atoms with E-state index in [4.69, 9.17) is 11.5 Å². The molecule has 0 aromatic carbocycles. The molecule has 89 heavy (non-hydrogen) atoms. The third kappa shape index (κ3) is 36.8. The molecule has 37 heteroatoms. The van der Waals surface area contributed by atoms with Gasteiger partial charge >= 0.3 is 11.9 Å². The Balaban J connectivity index is 6.96. The van der Waals surface area contributed by atoms with Crippen LogP contribution in [-0.4, -0.2) is 253 Å². The molecule has 0 fully saturated rings. The zero-order chi connectivity index (χ0) is 69.2. The fourth-order valence-electron chi connectivity index (χ4n) is 9.37. The Labute approximate surface area is 527 Å². The van der Waals surface area contributed by atoms with Gasteiger partial charge in [0.1, 0.15) is 0 Å². The standard InChI is InChI=1S/C52H102N12O20S5/c1-35(2)20-44(25-62(27-46(54)66)88(81,82)33-38(7)8)58-48(68)28-60(85(13,75)76)23-43(15-17-52(73)74)57-49(69)30-61(87(79,80)32-37(5)6)22-40(11)55-47(67)29-63(86(77,78)19-18-53)26-45(21-36(3)4)59-50(70)31-64(89(83,84)34-39(9)10)24-42(56-41(12)65)14-16-51(71)72/h35-40,42-45H,14-34,53H2,1-13H3,(H2,54,66)(H,55,67)(H,56,65)(H,57,69)(H,58,68)(H,59,70)(H,71,72)(H,73,74)/t40-,42-,43-,44-,45-/m0/s1. The molecule has 6 amide bonds. The Bertz CT molecular complexity index is 2920. The molecular weight excluding hydrogens is 1270 g/mol. The number of sulfonamides is 5. The molecule has 0 radical (unpaired) electrons. The van der Waals surface area contributed by atoms with Crippen molar-refractivity contribution < 1.29 is 90.7 Å². The predicted molar refractivity (Wildman–Crippen MR) is 334 cm³/mol. The van der Waals surface area contributed by atoms with Gasteiger partial charge in [-0.1, -0.05) is 69.2 Å². The maximum Gasteiger partial charge on any atom is 0.303 e. The molecule has 0 aliphatic rings. The van der Waals surface area contributed by atoms with Gasteiger partial charge in [-0.05, 0) is 62.2 Å². The Morgan fingerprint density at radius 3 is 1.04 bits per heavy atom. The third-order valence-corrected chi connectivity index (χ3v) is 22.2. The molecule has 32 nitrogen and oxygen atoms in total. The zero-order valence-electron chi connectivity index (χ0n) is 53.8. The number of amides is 6. The van der Waals surface area contributed by atoms with Crippen LogP contribution in [0, 0.1) is 29.6 Å². The summed E-state index contributed by atoms with van der Waals surface area (Å²) in [5.41, 5.74) is 11.0. The minimum absolute atomic E-state index is 0.0844. The molecule has 0 aromatic rings. The van der Waals surface area contributed by atoms with Crippen LogP contribution in [-0.2, 0) is 88.5 Å². The van der Waals surface area contributed by atoms with Gasteiger partial charge in [-0.3, -0.25) is 38.4 Å². The summed E-state index contributed by atoms with van der Waals surface area (Å²) in [7, 11) is -21.5. The summed E-state index contributed by atoms with van der Waals surface area (Å²) >= 11 is 0. The van der Waals surface area contributed by atoms with Crippen molar-refractivity contribution in [2.24, 2.45) is 41.1 Å². The zero-order valence-corrected chi connectivity index (χ0v) is 57.9. The topological polar surface area (TPSA) is 476 Å². The lowest BCUT2D eigenvalue weighted by Crippen LogP contribution is -2.55. The molecule has 11 N–H and O–H groups in total. The van der Waals surface area contributed by atoms with E-state index in [1.54, 1.807) is 69.2 Å². The highest BCUT2D eigenvalue weighted by Gasteiger charge is 2.36. The smallest absolute Gasteiger partial charge is 0.303 e. The molecule has 520 valence electrons. The number of carboxylic acids is 2. The number of carboxylic acid groups (broad SMARTS) is 2. The Morgan fingerprint density at radius 2 is 0.719 bits per heavy atom. The first-order valence-corrected chi connectivity index (χ1v) is 37.6. The summed E-state index contributed by atoms with van der Waals surface area (Å²) < 4.78 is 140. The normalized spacial score (nSPS) is 14.6. The van der Waals surface area contributed by atoms with Crippen molar-refractivity contribution in [1.29, 1.82) is 0 Å². The van der Waals surface area contributed by atoms with E-state index in [1.165, 1.54) is 6.92 Å². The van der Waals surface area contributed by atoms with Crippen LogP contribution in [0.25, 0.3) is 0 Å². The Hall–Kier alpha value is -4.73. The first kappa shape index (κ1) is 84.3. The Kier molecular flexibility index (Phi) is 36.9. The highest BCUT2D eigenvalue weighted by atomic mass is 32.2. The number of nitrogens with zero attached hydrogens (tertiary/aromatic N) is 5. The van der Waals surface area contributed by atoms with E-state index in [0.717, 1.165) is 26.1 Å². The van der Waals surface area contributed by atoms with Crippen molar-refractivity contribution in [3.8, 4) is 0 Å². The number of nitrogens with two attached hydrogens (primary N) is 2. The quantitative estimate of drug-likeness (QED) is 0.0303. The van der Waals surface area contributed by atoms with Gasteiger partial charge in [-0.15, -0.1) is 0 Å². The van der Waals surface area contributed by atoms with Gasteiger partial charge in [0.25, 0.3) is 0 Å². The van der Waals surface area contributed by atoms with Crippen molar-refractivity contribution >= 4 is 97.5 Å². The summed E-state index contributed by atoms with van der Waals surface area (Å²) in [6.07, 6.45) is -0.728. The molecule has 5 atom stereocenters. The minimum Gasteiger partial charge on any atom is -0.481 e. The number of aliphatic carboxylic acids is 2. The van der Waals surface area contributed by atoms with E-state index < -0.39 is 248 Å². The fourth-order valence-corrected chi connectivity index (χ4v) is 16.8. The molecular formula is C52H102N12O20S5. The monoisotopic (exact) mass is 1370 g/mol. The van der Waals surface area contributed by atoms with Crippen LogP contribution in [0.1, 0.15) is 122 Å². The molecule has 0 aromatic heterocycles. The Morgan fingerprint density at radius 1 is 0.416 bits per heavy atom.